The lowest BCUT2D eigenvalue weighted by Gasteiger charge is -2.22. The summed E-state index contributed by atoms with van der Waals surface area (Å²) in [7, 11) is 0. The number of anilines is 1. The maximum atomic E-state index is 8.90. The van der Waals surface area contributed by atoms with E-state index in [1.165, 1.54) is 11.1 Å². The molecule has 1 aliphatic rings. The molecule has 0 spiro atoms. The average molecular weight is 452 g/mol. The molecule has 4 aromatic rings. The quantitative estimate of drug-likeness (QED) is 0.334. The van der Waals surface area contributed by atoms with E-state index in [0.29, 0.717) is 5.02 Å². The minimum Gasteiger partial charge on any atom is -0.477 e. The molecule has 1 aromatic heterocycles. The van der Waals surface area contributed by atoms with Crippen molar-refractivity contribution in [2.75, 3.05) is 18.1 Å². The maximum absolute atomic E-state index is 8.90. The van der Waals surface area contributed by atoms with E-state index in [0.717, 1.165) is 53.1 Å². The predicted octanol–water partition coefficient (Wildman–Crippen LogP) is 6.52. The molecule has 33 heavy (non-hydrogen) atoms. The molecule has 5 rings (SSSR count). The van der Waals surface area contributed by atoms with Gasteiger partial charge >= 0.3 is 0 Å². The molecular formula is C28H22ClN3O. The summed E-state index contributed by atoms with van der Waals surface area (Å²) in [5.74, 6) is 0.782. The molecule has 0 unspecified atom stereocenters. The molecule has 0 saturated carbocycles. The number of rotatable bonds is 6. The van der Waals surface area contributed by atoms with Crippen LogP contribution < -0.4 is 9.64 Å². The van der Waals surface area contributed by atoms with Crippen molar-refractivity contribution in [3.63, 3.8) is 0 Å². The number of aromatic nitrogens is 1. The molecule has 0 radical (unpaired) electrons. The van der Waals surface area contributed by atoms with E-state index < -0.39 is 0 Å². The van der Waals surface area contributed by atoms with Crippen LogP contribution in [0.4, 0.5) is 5.69 Å². The first-order valence-electron chi connectivity index (χ1n) is 10.9. The van der Waals surface area contributed by atoms with Gasteiger partial charge in [-0.15, -0.1) is 0 Å². The smallest absolute Gasteiger partial charge is 0.174 e. The number of nitriles is 1. The predicted molar refractivity (Wildman–Crippen MR) is 134 cm³/mol. The third-order valence-electron chi connectivity index (χ3n) is 5.79. The Labute approximate surface area is 198 Å². The molecule has 0 fully saturated rings. The van der Waals surface area contributed by atoms with E-state index in [2.05, 4.69) is 53.4 Å². The zero-order valence-corrected chi connectivity index (χ0v) is 18.8. The van der Waals surface area contributed by atoms with E-state index in [1.54, 1.807) is 0 Å². The van der Waals surface area contributed by atoms with Gasteiger partial charge in [0.05, 0.1) is 16.9 Å². The summed E-state index contributed by atoms with van der Waals surface area (Å²) in [5.41, 5.74) is 6.49. The molecule has 4 nitrogen and oxygen atoms in total. The van der Waals surface area contributed by atoms with Gasteiger partial charge in [-0.05, 0) is 59.5 Å². The van der Waals surface area contributed by atoms with Gasteiger partial charge in [-0.1, -0.05) is 60.1 Å². The summed E-state index contributed by atoms with van der Waals surface area (Å²) in [6.07, 6.45) is 5.09. The van der Waals surface area contributed by atoms with Crippen LogP contribution in [0.3, 0.4) is 0 Å². The van der Waals surface area contributed by atoms with Crippen molar-refractivity contribution < 1.29 is 4.74 Å². The average Bonchev–Trinajstić information content (AvgIpc) is 3.24. The monoisotopic (exact) mass is 451 g/mol. The molecule has 162 valence electrons. The highest BCUT2D eigenvalue weighted by Gasteiger charge is 2.23. The minimum absolute atomic E-state index is 0.0551. The highest BCUT2D eigenvalue weighted by molar-refractivity contribution is 6.31. The summed E-state index contributed by atoms with van der Waals surface area (Å²) < 4.78 is 5.69. The fourth-order valence-electron chi connectivity index (χ4n) is 4.28. The third-order valence-corrected chi connectivity index (χ3v) is 6.02. The topological polar surface area (TPSA) is 49.1 Å². The third kappa shape index (κ3) is 4.69. The van der Waals surface area contributed by atoms with E-state index in [1.807, 2.05) is 42.5 Å². The van der Waals surface area contributed by atoms with Crippen LogP contribution in [0.15, 0.2) is 72.8 Å². The summed E-state index contributed by atoms with van der Waals surface area (Å²) in [4.78, 5) is 7.03. The zero-order chi connectivity index (χ0) is 22.6. The van der Waals surface area contributed by atoms with Crippen molar-refractivity contribution in [2.45, 2.75) is 13.0 Å². The Hall–Kier alpha value is -3.81. The van der Waals surface area contributed by atoms with Gasteiger partial charge in [0.15, 0.2) is 6.61 Å². The molecule has 2 heterocycles. The number of fused-ring (bicyclic) bond motifs is 2. The van der Waals surface area contributed by atoms with Crippen molar-refractivity contribution >= 4 is 40.3 Å². The fraction of sp³-hybridized carbons (Fsp3) is 0.143. The molecule has 3 aromatic carbocycles. The molecular weight excluding hydrogens is 430 g/mol. The highest BCUT2D eigenvalue weighted by Crippen LogP contribution is 2.38. The molecule has 0 bridgehead atoms. The standard InChI is InChI=1S/C28H22ClN3O/c29-24-10-8-22-9-12-25(31-26(22)18-24)11-7-20-3-1-4-21(17-20)19-32-15-13-23-5-2-6-27(28(23)32)33-16-14-30/h1-12,17-18H,13,15-16,19H2. The zero-order valence-electron chi connectivity index (χ0n) is 18.0. The van der Waals surface area contributed by atoms with Gasteiger partial charge < -0.3 is 9.64 Å². The summed E-state index contributed by atoms with van der Waals surface area (Å²) in [6, 6.07) is 26.5. The van der Waals surface area contributed by atoms with Gasteiger partial charge in [-0.25, -0.2) is 4.98 Å². The molecule has 0 N–H and O–H groups in total. The summed E-state index contributed by atoms with van der Waals surface area (Å²) in [5, 5.41) is 10.7. The van der Waals surface area contributed by atoms with Crippen molar-refractivity contribution in [1.29, 1.82) is 5.26 Å². The number of pyridine rings is 1. The van der Waals surface area contributed by atoms with Crippen LogP contribution in [-0.4, -0.2) is 18.1 Å². The van der Waals surface area contributed by atoms with E-state index in [9.17, 15) is 0 Å². The second-order valence-electron chi connectivity index (χ2n) is 8.03. The largest absolute Gasteiger partial charge is 0.477 e. The van der Waals surface area contributed by atoms with E-state index in [4.69, 9.17) is 26.6 Å². The van der Waals surface area contributed by atoms with Crippen LogP contribution >= 0.6 is 11.6 Å². The fourth-order valence-corrected chi connectivity index (χ4v) is 4.44. The summed E-state index contributed by atoms with van der Waals surface area (Å²) in [6.45, 7) is 1.78. The Bertz CT molecular complexity index is 1390. The van der Waals surface area contributed by atoms with E-state index >= 15 is 0 Å². The number of ether oxygens (including phenoxy) is 1. The van der Waals surface area contributed by atoms with Crippen molar-refractivity contribution in [3.05, 3.63) is 100 Å². The van der Waals surface area contributed by atoms with Gasteiger partial charge in [0.2, 0.25) is 0 Å². The van der Waals surface area contributed by atoms with Crippen LogP contribution in [-0.2, 0) is 13.0 Å². The Morgan fingerprint density at radius 1 is 1.03 bits per heavy atom. The molecule has 0 amide bonds. The Balaban J connectivity index is 1.35. The second kappa shape index (κ2) is 9.36. The van der Waals surface area contributed by atoms with Gasteiger partial charge in [-0.3, -0.25) is 0 Å². The Morgan fingerprint density at radius 2 is 1.91 bits per heavy atom. The molecule has 1 aliphatic heterocycles. The Kier molecular flexibility index (Phi) is 5.97. The van der Waals surface area contributed by atoms with Gasteiger partial charge in [0, 0.05) is 23.5 Å². The molecule has 5 heteroatoms. The van der Waals surface area contributed by atoms with Crippen LogP contribution in [0.1, 0.15) is 22.4 Å². The van der Waals surface area contributed by atoms with Crippen molar-refractivity contribution in [2.24, 2.45) is 0 Å². The lowest BCUT2D eigenvalue weighted by Crippen LogP contribution is -2.20. The second-order valence-corrected chi connectivity index (χ2v) is 8.47. The minimum atomic E-state index is 0.0551. The number of benzene rings is 3. The SMILES string of the molecule is N#CCOc1cccc2c1N(Cc1cccc(C=Cc3ccc4ccc(Cl)cc4n3)c1)CC2. The number of para-hydroxylation sites is 1. The van der Waals surface area contributed by atoms with Crippen molar-refractivity contribution in [3.8, 4) is 11.8 Å². The van der Waals surface area contributed by atoms with Gasteiger partial charge in [0.1, 0.15) is 11.8 Å². The van der Waals surface area contributed by atoms with Crippen LogP contribution in [0.2, 0.25) is 5.02 Å². The van der Waals surface area contributed by atoms with Gasteiger partial charge in [0.25, 0.3) is 0 Å². The molecule has 0 saturated heterocycles. The number of hydrogen-bond donors (Lipinski definition) is 0. The first-order chi connectivity index (χ1) is 16.2. The van der Waals surface area contributed by atoms with Crippen LogP contribution in [0.5, 0.6) is 5.75 Å². The van der Waals surface area contributed by atoms with Crippen LogP contribution in [0.25, 0.3) is 23.1 Å². The Morgan fingerprint density at radius 3 is 2.82 bits per heavy atom. The maximum Gasteiger partial charge on any atom is 0.174 e. The number of nitrogens with zero attached hydrogens (tertiary/aromatic N) is 3. The number of hydrogen-bond acceptors (Lipinski definition) is 4. The van der Waals surface area contributed by atoms with Crippen LogP contribution in [0, 0.1) is 11.3 Å². The van der Waals surface area contributed by atoms with Crippen molar-refractivity contribution in [1.82, 2.24) is 4.98 Å². The first-order valence-corrected chi connectivity index (χ1v) is 11.3. The lowest BCUT2D eigenvalue weighted by molar-refractivity contribution is 0.368. The summed E-state index contributed by atoms with van der Waals surface area (Å²) >= 11 is 6.11. The lowest BCUT2D eigenvalue weighted by atomic mass is 10.1. The molecule has 0 aliphatic carbocycles. The normalized spacial score (nSPS) is 12.8. The molecule has 0 atom stereocenters. The number of halogens is 1. The first kappa shape index (κ1) is 21.1. The van der Waals surface area contributed by atoms with E-state index in [-0.39, 0.29) is 6.61 Å². The highest BCUT2D eigenvalue weighted by atomic mass is 35.5. The van der Waals surface area contributed by atoms with Gasteiger partial charge in [-0.2, -0.15) is 5.26 Å².